The van der Waals surface area contributed by atoms with Crippen LogP contribution in [0.1, 0.15) is 0 Å². The summed E-state index contributed by atoms with van der Waals surface area (Å²) in [5.41, 5.74) is 0. The van der Waals surface area contributed by atoms with Crippen LogP contribution < -0.4 is 6.15 Å². The van der Waals surface area contributed by atoms with E-state index in [1.807, 2.05) is 0 Å². The Hall–Kier alpha value is -1.37. The van der Waals surface area contributed by atoms with Crippen molar-refractivity contribution in [1.82, 2.24) is 6.15 Å². The average Bonchev–Trinajstić information content (AvgIpc) is 2.08. The first-order valence-electron chi connectivity index (χ1n) is 2.67. The molecule has 0 aliphatic rings. The van der Waals surface area contributed by atoms with Crippen molar-refractivity contribution in [1.29, 1.82) is 0 Å². The third-order valence-electron chi connectivity index (χ3n) is 1.19. The van der Waals surface area contributed by atoms with E-state index in [-0.39, 0.29) is 6.15 Å². The topological polar surface area (TPSA) is 55.2 Å². The third kappa shape index (κ3) is 1.55. The Balaban J connectivity index is 0.00000144. The van der Waals surface area contributed by atoms with E-state index in [0.717, 1.165) is 0 Å². The molecule has 0 spiro atoms. The standard InChI is InChI=1S/C6HF5O.H3N/c7-1-2(8)4(10)6(12)5(11)3(1)9;/h12H;1H3. The zero-order chi connectivity index (χ0) is 9.46. The second-order valence-corrected chi connectivity index (χ2v) is 1.92. The van der Waals surface area contributed by atoms with Crippen molar-refractivity contribution < 1.29 is 27.1 Å². The number of benzene rings is 1. The quantitative estimate of drug-likeness (QED) is 0.384. The van der Waals surface area contributed by atoms with Gasteiger partial charge in [-0.15, -0.1) is 0 Å². The van der Waals surface area contributed by atoms with Gasteiger partial charge in [-0.05, 0) is 0 Å². The van der Waals surface area contributed by atoms with Gasteiger partial charge in [0.15, 0.2) is 5.75 Å². The highest BCUT2D eigenvalue weighted by Crippen LogP contribution is 2.27. The van der Waals surface area contributed by atoms with Crippen LogP contribution in [0.2, 0.25) is 0 Å². The van der Waals surface area contributed by atoms with Gasteiger partial charge in [-0.3, -0.25) is 0 Å². The molecule has 74 valence electrons. The lowest BCUT2D eigenvalue weighted by Crippen LogP contribution is -2.00. The van der Waals surface area contributed by atoms with Gasteiger partial charge in [-0.1, -0.05) is 0 Å². The minimum atomic E-state index is -2.29. The first kappa shape index (κ1) is 11.6. The first-order valence-corrected chi connectivity index (χ1v) is 2.67. The Labute approximate surface area is 69.2 Å². The summed E-state index contributed by atoms with van der Waals surface area (Å²) in [6, 6.07) is 0. The van der Waals surface area contributed by atoms with Crippen molar-refractivity contribution in [3.8, 4) is 5.75 Å². The lowest BCUT2D eigenvalue weighted by atomic mass is 10.3. The number of hydrogen-bond donors (Lipinski definition) is 2. The number of aromatic hydroxyl groups is 1. The molecule has 1 rings (SSSR count). The van der Waals surface area contributed by atoms with Gasteiger partial charge in [0.05, 0.1) is 0 Å². The van der Waals surface area contributed by atoms with Crippen molar-refractivity contribution in [3.05, 3.63) is 29.1 Å². The monoisotopic (exact) mass is 201 g/mol. The van der Waals surface area contributed by atoms with Crippen LogP contribution in [0.3, 0.4) is 0 Å². The molecule has 0 unspecified atom stereocenters. The highest BCUT2D eigenvalue weighted by atomic mass is 19.2. The molecule has 0 saturated heterocycles. The molecule has 13 heavy (non-hydrogen) atoms. The van der Waals surface area contributed by atoms with Crippen LogP contribution in [0.25, 0.3) is 0 Å². The summed E-state index contributed by atoms with van der Waals surface area (Å²) in [5.74, 6) is -12.9. The van der Waals surface area contributed by atoms with E-state index in [9.17, 15) is 22.0 Å². The van der Waals surface area contributed by atoms with E-state index in [1.54, 1.807) is 0 Å². The Morgan fingerprint density at radius 2 is 0.846 bits per heavy atom. The van der Waals surface area contributed by atoms with E-state index in [1.165, 1.54) is 0 Å². The van der Waals surface area contributed by atoms with E-state index in [2.05, 4.69) is 0 Å². The molecule has 0 saturated carbocycles. The molecule has 0 aliphatic heterocycles. The number of phenols is 1. The van der Waals surface area contributed by atoms with Crippen molar-refractivity contribution in [2.45, 2.75) is 0 Å². The van der Waals surface area contributed by atoms with Crippen LogP contribution >= 0.6 is 0 Å². The van der Waals surface area contributed by atoms with Crippen LogP contribution in [0.5, 0.6) is 5.75 Å². The molecular weight excluding hydrogens is 197 g/mol. The van der Waals surface area contributed by atoms with E-state index in [4.69, 9.17) is 5.11 Å². The van der Waals surface area contributed by atoms with Crippen LogP contribution in [-0.4, -0.2) is 5.11 Å². The summed E-state index contributed by atoms with van der Waals surface area (Å²) in [6.07, 6.45) is 0. The number of rotatable bonds is 0. The van der Waals surface area contributed by atoms with Gasteiger partial charge >= 0.3 is 0 Å². The number of halogens is 5. The molecule has 2 nitrogen and oxygen atoms in total. The fourth-order valence-electron chi connectivity index (χ4n) is 0.593. The SMILES string of the molecule is N.Oc1c(F)c(F)c(F)c(F)c1F. The van der Waals surface area contributed by atoms with Gasteiger partial charge in [0.1, 0.15) is 0 Å². The summed E-state index contributed by atoms with van der Waals surface area (Å²) < 4.78 is 60.6. The van der Waals surface area contributed by atoms with Crippen molar-refractivity contribution in [3.63, 3.8) is 0 Å². The minimum Gasteiger partial charge on any atom is -0.503 e. The second kappa shape index (κ2) is 3.56. The maximum absolute atomic E-state index is 12.2. The largest absolute Gasteiger partial charge is 0.503 e. The normalized spacial score (nSPS) is 9.62. The Morgan fingerprint density at radius 1 is 0.615 bits per heavy atom. The predicted molar refractivity (Wildman–Crippen MR) is 32.9 cm³/mol. The predicted octanol–water partition coefficient (Wildman–Crippen LogP) is 2.25. The molecule has 1 aromatic carbocycles. The molecule has 0 aliphatic carbocycles. The van der Waals surface area contributed by atoms with E-state index in [0.29, 0.717) is 0 Å². The van der Waals surface area contributed by atoms with Gasteiger partial charge in [-0.2, -0.15) is 8.78 Å². The van der Waals surface area contributed by atoms with Crippen LogP contribution in [-0.2, 0) is 0 Å². The second-order valence-electron chi connectivity index (χ2n) is 1.92. The molecule has 1 aromatic rings. The Morgan fingerprint density at radius 3 is 1.15 bits per heavy atom. The minimum absolute atomic E-state index is 0. The summed E-state index contributed by atoms with van der Waals surface area (Å²) in [5, 5.41) is 8.30. The number of phenolic OH excluding ortho intramolecular Hbond substituents is 1. The van der Waals surface area contributed by atoms with Crippen molar-refractivity contribution in [2.75, 3.05) is 0 Å². The molecule has 0 atom stereocenters. The average molecular weight is 201 g/mol. The summed E-state index contributed by atoms with van der Waals surface area (Å²) in [4.78, 5) is 0. The van der Waals surface area contributed by atoms with E-state index < -0.39 is 34.8 Å². The summed E-state index contributed by atoms with van der Waals surface area (Å²) in [6.45, 7) is 0. The lowest BCUT2D eigenvalue weighted by Gasteiger charge is -2.00. The van der Waals surface area contributed by atoms with Crippen molar-refractivity contribution in [2.24, 2.45) is 0 Å². The Bertz CT molecular complexity index is 235. The summed E-state index contributed by atoms with van der Waals surface area (Å²) >= 11 is 0. The molecule has 4 N–H and O–H groups in total. The molecule has 0 radical (unpaired) electrons. The third-order valence-corrected chi connectivity index (χ3v) is 1.19. The maximum atomic E-state index is 12.2. The molecule has 0 fully saturated rings. The fourth-order valence-corrected chi connectivity index (χ4v) is 0.593. The molecular formula is C6H4F5NO. The van der Waals surface area contributed by atoms with Gasteiger partial charge in [-0.25, -0.2) is 13.2 Å². The smallest absolute Gasteiger partial charge is 0.206 e. The highest BCUT2D eigenvalue weighted by molar-refractivity contribution is 5.27. The van der Waals surface area contributed by atoms with Crippen molar-refractivity contribution >= 4 is 0 Å². The molecule has 0 aromatic heterocycles. The number of hydrogen-bond acceptors (Lipinski definition) is 2. The fraction of sp³-hybridized carbons (Fsp3) is 0. The molecule has 0 heterocycles. The summed E-state index contributed by atoms with van der Waals surface area (Å²) in [7, 11) is 0. The zero-order valence-corrected chi connectivity index (χ0v) is 6.04. The van der Waals surface area contributed by atoms with Gasteiger partial charge in [0.25, 0.3) is 0 Å². The molecule has 7 heteroatoms. The van der Waals surface area contributed by atoms with Crippen LogP contribution in [0.15, 0.2) is 0 Å². The lowest BCUT2D eigenvalue weighted by molar-refractivity contribution is 0.325. The van der Waals surface area contributed by atoms with Crippen LogP contribution in [0.4, 0.5) is 22.0 Å². The van der Waals surface area contributed by atoms with E-state index >= 15 is 0 Å². The first-order chi connectivity index (χ1) is 5.46. The molecule has 0 bridgehead atoms. The van der Waals surface area contributed by atoms with Gasteiger partial charge in [0.2, 0.25) is 29.1 Å². The van der Waals surface area contributed by atoms with Gasteiger partial charge < -0.3 is 11.3 Å². The molecule has 0 amide bonds. The van der Waals surface area contributed by atoms with Gasteiger partial charge in [0, 0.05) is 0 Å². The highest BCUT2D eigenvalue weighted by Gasteiger charge is 2.24. The van der Waals surface area contributed by atoms with Crippen LogP contribution in [0, 0.1) is 29.1 Å². The zero-order valence-electron chi connectivity index (χ0n) is 6.04. The maximum Gasteiger partial charge on any atom is 0.206 e. The Kier molecular flexibility index (Phi) is 3.19.